The van der Waals surface area contributed by atoms with Crippen molar-refractivity contribution >= 4 is 36.0 Å². The van der Waals surface area contributed by atoms with Crippen molar-refractivity contribution < 1.29 is 9.53 Å². The van der Waals surface area contributed by atoms with E-state index in [-0.39, 0.29) is 36.1 Å². The number of guanidine groups is 1. The molecule has 0 radical (unpaired) electrons. The second-order valence-electron chi connectivity index (χ2n) is 7.27. The average molecular weight is 526 g/mol. The van der Waals surface area contributed by atoms with E-state index < -0.39 is 0 Å². The molecule has 1 fully saturated rings. The lowest BCUT2D eigenvalue weighted by Gasteiger charge is -2.32. The molecule has 3 rings (SSSR count). The second kappa shape index (κ2) is 11.2. The lowest BCUT2D eigenvalue weighted by atomic mass is 10.1. The smallest absolute Gasteiger partial charge is 0.409 e. The van der Waals surface area contributed by atoms with Gasteiger partial charge >= 0.3 is 6.09 Å². The van der Waals surface area contributed by atoms with Gasteiger partial charge in [0.25, 0.3) is 0 Å². The highest BCUT2D eigenvalue weighted by Gasteiger charge is 2.23. The third-order valence-electron chi connectivity index (χ3n) is 5.17. The number of para-hydroxylation sites is 1. The van der Waals surface area contributed by atoms with Gasteiger partial charge in [-0.3, -0.25) is 4.99 Å². The van der Waals surface area contributed by atoms with E-state index in [2.05, 4.69) is 45.8 Å². The van der Waals surface area contributed by atoms with Crippen LogP contribution in [0, 0.1) is 13.8 Å². The zero-order valence-corrected chi connectivity index (χ0v) is 20.3. The molecule has 2 N–H and O–H groups in total. The van der Waals surface area contributed by atoms with E-state index in [0.29, 0.717) is 19.6 Å². The fourth-order valence-electron chi connectivity index (χ4n) is 3.64. The van der Waals surface area contributed by atoms with Gasteiger partial charge in [-0.2, -0.15) is 5.10 Å². The van der Waals surface area contributed by atoms with Crippen LogP contribution in [0.2, 0.25) is 0 Å². The number of carbonyl (C=O) groups is 1. The Balaban J connectivity index is 0.00000320. The summed E-state index contributed by atoms with van der Waals surface area (Å²) in [5.41, 5.74) is 4.31. The quantitative estimate of drug-likeness (QED) is 0.364. The number of halogens is 1. The van der Waals surface area contributed by atoms with Crippen LogP contribution >= 0.6 is 24.0 Å². The minimum Gasteiger partial charge on any atom is -0.453 e. The molecular weight excluding hydrogens is 495 g/mol. The Bertz CT molecular complexity index is 874. The number of ether oxygens (including phenoxy) is 1. The molecule has 0 bridgehead atoms. The van der Waals surface area contributed by atoms with Gasteiger partial charge in [0.1, 0.15) is 0 Å². The van der Waals surface area contributed by atoms with Gasteiger partial charge in [0.2, 0.25) is 0 Å². The Morgan fingerprint density at radius 1 is 1.27 bits per heavy atom. The van der Waals surface area contributed by atoms with Gasteiger partial charge in [-0.15, -0.1) is 24.0 Å². The Morgan fingerprint density at radius 3 is 2.57 bits per heavy atom. The highest BCUT2D eigenvalue weighted by Crippen LogP contribution is 2.17. The summed E-state index contributed by atoms with van der Waals surface area (Å²) in [5, 5.41) is 11.5. The molecule has 0 unspecified atom stereocenters. The van der Waals surface area contributed by atoms with Gasteiger partial charge in [-0.1, -0.05) is 18.2 Å². The normalized spacial score (nSPS) is 14.8. The molecule has 2 heterocycles. The molecule has 1 aliphatic rings. The number of piperidine rings is 1. The molecule has 30 heavy (non-hydrogen) atoms. The number of benzene rings is 1. The number of methoxy groups -OCH3 is 1. The highest BCUT2D eigenvalue weighted by molar-refractivity contribution is 14.0. The first kappa shape index (κ1) is 24.0. The fraction of sp³-hybridized carbons (Fsp3) is 0.476. The lowest BCUT2D eigenvalue weighted by Crippen LogP contribution is -2.49. The minimum absolute atomic E-state index is 0. The van der Waals surface area contributed by atoms with Crippen LogP contribution in [-0.2, 0) is 11.3 Å². The molecule has 0 saturated carbocycles. The fourth-order valence-corrected chi connectivity index (χ4v) is 3.64. The van der Waals surface area contributed by atoms with Crippen molar-refractivity contribution in [1.82, 2.24) is 25.3 Å². The minimum atomic E-state index is -0.258. The van der Waals surface area contributed by atoms with Crippen molar-refractivity contribution in [1.29, 1.82) is 0 Å². The number of hydrogen-bond donors (Lipinski definition) is 2. The van der Waals surface area contributed by atoms with Crippen molar-refractivity contribution in [2.75, 3.05) is 27.2 Å². The molecule has 1 amide bonds. The Morgan fingerprint density at radius 2 is 1.97 bits per heavy atom. The zero-order valence-electron chi connectivity index (χ0n) is 18.0. The predicted octanol–water partition coefficient (Wildman–Crippen LogP) is 3.00. The summed E-state index contributed by atoms with van der Waals surface area (Å²) in [6.45, 7) is 6.06. The van der Waals surface area contributed by atoms with Crippen molar-refractivity contribution in [3.63, 3.8) is 0 Å². The van der Waals surface area contributed by atoms with Crippen LogP contribution in [-0.4, -0.2) is 60.0 Å². The number of nitrogens with zero attached hydrogens (tertiary/aromatic N) is 4. The second-order valence-corrected chi connectivity index (χ2v) is 7.27. The topological polar surface area (TPSA) is 83.8 Å². The standard InChI is InChI=1S/C21H30N6O2.HI/c1-15-13-16(2)27(25-15)19-8-6-5-7-17(19)14-23-20(22-3)24-18-9-11-26(12-10-18)21(28)29-4;/h5-8,13,18H,9-12,14H2,1-4H3,(H2,22,23,24);1H. The van der Waals surface area contributed by atoms with Crippen LogP contribution in [0.1, 0.15) is 29.8 Å². The number of rotatable bonds is 4. The molecule has 0 spiro atoms. The molecule has 1 aliphatic heterocycles. The maximum atomic E-state index is 11.6. The van der Waals surface area contributed by atoms with E-state index >= 15 is 0 Å². The molecule has 8 nitrogen and oxygen atoms in total. The molecule has 1 saturated heterocycles. The summed E-state index contributed by atoms with van der Waals surface area (Å²) < 4.78 is 6.77. The largest absolute Gasteiger partial charge is 0.453 e. The van der Waals surface area contributed by atoms with E-state index in [1.165, 1.54) is 7.11 Å². The maximum Gasteiger partial charge on any atom is 0.409 e. The monoisotopic (exact) mass is 526 g/mol. The number of aryl methyl sites for hydroxylation is 2. The first-order valence-electron chi connectivity index (χ1n) is 9.93. The molecule has 2 aromatic rings. The number of aromatic nitrogens is 2. The van der Waals surface area contributed by atoms with Crippen LogP contribution in [0.25, 0.3) is 5.69 Å². The Labute approximate surface area is 195 Å². The molecule has 164 valence electrons. The average Bonchev–Trinajstić information content (AvgIpc) is 3.08. The van der Waals surface area contributed by atoms with Crippen molar-refractivity contribution in [2.45, 2.75) is 39.3 Å². The van der Waals surface area contributed by atoms with Crippen LogP contribution in [0.4, 0.5) is 4.79 Å². The number of carbonyl (C=O) groups excluding carboxylic acids is 1. The number of likely N-dealkylation sites (tertiary alicyclic amines) is 1. The SMILES string of the molecule is CN=C(NCc1ccccc1-n1nc(C)cc1C)NC1CCN(C(=O)OC)CC1.I. The summed E-state index contributed by atoms with van der Waals surface area (Å²) in [6.07, 6.45) is 1.46. The van der Waals surface area contributed by atoms with Crippen molar-refractivity contribution in [3.8, 4) is 5.69 Å². The Hall–Kier alpha value is -2.30. The summed E-state index contributed by atoms with van der Waals surface area (Å²) >= 11 is 0. The van der Waals surface area contributed by atoms with E-state index in [9.17, 15) is 4.79 Å². The van der Waals surface area contributed by atoms with Crippen LogP contribution in [0.3, 0.4) is 0 Å². The van der Waals surface area contributed by atoms with Gasteiger partial charge in [0, 0.05) is 38.4 Å². The van der Waals surface area contributed by atoms with Crippen molar-refractivity contribution in [3.05, 3.63) is 47.3 Å². The van der Waals surface area contributed by atoms with Gasteiger partial charge in [-0.25, -0.2) is 9.48 Å². The highest BCUT2D eigenvalue weighted by atomic mass is 127. The molecule has 1 aromatic heterocycles. The molecule has 1 aromatic carbocycles. The van der Waals surface area contributed by atoms with Crippen molar-refractivity contribution in [2.24, 2.45) is 4.99 Å². The van der Waals surface area contributed by atoms with Crippen LogP contribution in [0.5, 0.6) is 0 Å². The summed E-state index contributed by atoms with van der Waals surface area (Å²) in [7, 11) is 3.19. The van der Waals surface area contributed by atoms with Crippen LogP contribution < -0.4 is 10.6 Å². The van der Waals surface area contributed by atoms with E-state index in [0.717, 1.165) is 41.4 Å². The Kier molecular flexibility index (Phi) is 8.94. The molecule has 0 aliphatic carbocycles. The first-order chi connectivity index (χ1) is 14.0. The molecular formula is C21H31IN6O2. The third-order valence-corrected chi connectivity index (χ3v) is 5.17. The van der Waals surface area contributed by atoms with Gasteiger partial charge in [0.05, 0.1) is 18.5 Å². The maximum absolute atomic E-state index is 11.6. The summed E-state index contributed by atoms with van der Waals surface area (Å²) in [4.78, 5) is 17.7. The van der Waals surface area contributed by atoms with E-state index in [1.807, 2.05) is 23.7 Å². The number of aliphatic imine (C=N–C) groups is 1. The third kappa shape index (κ3) is 5.87. The molecule has 0 atom stereocenters. The lowest BCUT2D eigenvalue weighted by molar-refractivity contribution is 0.111. The molecule has 9 heteroatoms. The first-order valence-corrected chi connectivity index (χ1v) is 9.93. The van der Waals surface area contributed by atoms with E-state index in [4.69, 9.17) is 4.74 Å². The summed E-state index contributed by atoms with van der Waals surface area (Å²) in [5.74, 6) is 0.754. The number of hydrogen-bond acceptors (Lipinski definition) is 4. The zero-order chi connectivity index (χ0) is 20.8. The van der Waals surface area contributed by atoms with Gasteiger partial charge in [0.15, 0.2) is 5.96 Å². The van der Waals surface area contributed by atoms with Crippen LogP contribution in [0.15, 0.2) is 35.3 Å². The van der Waals surface area contributed by atoms with E-state index in [1.54, 1.807) is 11.9 Å². The van der Waals surface area contributed by atoms with Gasteiger partial charge in [-0.05, 0) is 44.4 Å². The van der Waals surface area contributed by atoms with Gasteiger partial charge < -0.3 is 20.3 Å². The number of amides is 1. The predicted molar refractivity (Wildman–Crippen MR) is 129 cm³/mol. The number of nitrogens with one attached hydrogen (secondary N) is 2. The summed E-state index contributed by atoms with van der Waals surface area (Å²) in [6, 6.07) is 10.6.